The van der Waals surface area contributed by atoms with Gasteiger partial charge in [0.2, 0.25) is 5.91 Å². The molecule has 1 unspecified atom stereocenters. The van der Waals surface area contributed by atoms with Crippen LogP contribution in [0, 0.1) is 0 Å². The van der Waals surface area contributed by atoms with Crippen molar-refractivity contribution in [3.05, 3.63) is 6.33 Å². The average molecular weight is 288 g/mol. The summed E-state index contributed by atoms with van der Waals surface area (Å²) in [5.41, 5.74) is 4.86. The van der Waals surface area contributed by atoms with Gasteiger partial charge in [-0.15, -0.1) is 0 Å². The zero-order chi connectivity index (χ0) is 13.4. The molecule has 1 aromatic rings. The van der Waals surface area contributed by atoms with Gasteiger partial charge in [-0.1, -0.05) is 18.7 Å². The van der Waals surface area contributed by atoms with Gasteiger partial charge in [-0.25, -0.2) is 4.98 Å². The first-order chi connectivity index (χ1) is 8.58. The summed E-state index contributed by atoms with van der Waals surface area (Å²) < 4.78 is 4.91. The Hall–Kier alpha value is -0.660. The van der Waals surface area contributed by atoms with Crippen molar-refractivity contribution in [2.24, 2.45) is 5.73 Å². The Morgan fingerprint density at radius 3 is 3.00 bits per heavy atom. The van der Waals surface area contributed by atoms with Gasteiger partial charge < -0.3 is 11.1 Å². The number of carbonyl (C=O) groups is 1. The number of thioether (sulfide) groups is 1. The molecular formula is C11H20N4OS2. The smallest absolute Gasteiger partial charge is 0.237 e. The summed E-state index contributed by atoms with van der Waals surface area (Å²) in [5, 5.41) is 3.23. The fourth-order valence-corrected chi connectivity index (χ4v) is 2.96. The minimum absolute atomic E-state index is 0.281. The van der Waals surface area contributed by atoms with Crippen molar-refractivity contribution in [1.82, 2.24) is 14.7 Å². The average Bonchev–Trinajstić information content (AvgIpc) is 2.85. The van der Waals surface area contributed by atoms with Crippen molar-refractivity contribution in [3.63, 3.8) is 0 Å². The Balaban J connectivity index is 2.31. The van der Waals surface area contributed by atoms with E-state index in [0.29, 0.717) is 0 Å². The lowest BCUT2D eigenvalue weighted by atomic mass is 9.95. The number of nitrogens with zero attached hydrogens (tertiary/aromatic N) is 2. The monoisotopic (exact) mass is 288 g/mol. The second kappa shape index (κ2) is 7.70. The number of amides is 1. The van der Waals surface area contributed by atoms with Crippen molar-refractivity contribution in [1.29, 1.82) is 0 Å². The van der Waals surface area contributed by atoms with Gasteiger partial charge in [0.1, 0.15) is 6.33 Å². The fourth-order valence-electron chi connectivity index (χ4n) is 1.51. The molecule has 3 N–H and O–H groups in total. The first kappa shape index (κ1) is 15.4. The number of rotatable bonds is 9. The maximum absolute atomic E-state index is 11.5. The van der Waals surface area contributed by atoms with Crippen LogP contribution in [0.15, 0.2) is 10.7 Å². The number of hydrogen-bond donors (Lipinski definition) is 2. The zero-order valence-corrected chi connectivity index (χ0v) is 12.4. The van der Waals surface area contributed by atoms with E-state index in [1.807, 2.05) is 6.92 Å². The van der Waals surface area contributed by atoms with Crippen LogP contribution in [0.25, 0.3) is 0 Å². The van der Waals surface area contributed by atoms with Crippen molar-refractivity contribution in [2.75, 3.05) is 12.3 Å². The van der Waals surface area contributed by atoms with E-state index < -0.39 is 5.54 Å². The molecular weight excluding hydrogens is 268 g/mol. The molecule has 0 spiro atoms. The molecule has 0 saturated carbocycles. The first-order valence-electron chi connectivity index (χ1n) is 6.03. The lowest BCUT2D eigenvalue weighted by Gasteiger charge is -2.27. The van der Waals surface area contributed by atoms with Crippen LogP contribution in [-0.4, -0.2) is 33.1 Å². The standard InChI is InChI=1S/C11H20N4OS2/c1-3-6-14-11(2,9(12)16)5-4-7-17-10-13-8-15-18-10/h8,14H,3-7H2,1-2H3,(H2,12,16). The third kappa shape index (κ3) is 4.91. The van der Waals surface area contributed by atoms with Crippen molar-refractivity contribution < 1.29 is 4.79 Å². The van der Waals surface area contributed by atoms with Crippen LogP contribution >= 0.6 is 23.3 Å². The fraction of sp³-hybridized carbons (Fsp3) is 0.727. The van der Waals surface area contributed by atoms with Crippen LogP contribution in [-0.2, 0) is 4.79 Å². The molecule has 1 heterocycles. The summed E-state index contributed by atoms with van der Waals surface area (Å²) >= 11 is 3.06. The summed E-state index contributed by atoms with van der Waals surface area (Å²) in [7, 11) is 0. The van der Waals surface area contributed by atoms with Crippen LogP contribution in [0.2, 0.25) is 0 Å². The summed E-state index contributed by atoms with van der Waals surface area (Å²) in [6, 6.07) is 0. The highest BCUT2D eigenvalue weighted by molar-refractivity contribution is 8.00. The van der Waals surface area contributed by atoms with Gasteiger partial charge in [0, 0.05) is 5.75 Å². The summed E-state index contributed by atoms with van der Waals surface area (Å²) in [6.07, 6.45) is 4.21. The second-order valence-corrected chi connectivity index (χ2v) is 6.40. The predicted molar refractivity (Wildman–Crippen MR) is 75.8 cm³/mol. The van der Waals surface area contributed by atoms with E-state index in [0.717, 1.165) is 35.9 Å². The minimum atomic E-state index is -0.600. The van der Waals surface area contributed by atoms with E-state index in [1.165, 1.54) is 11.5 Å². The molecule has 1 aromatic heterocycles. The van der Waals surface area contributed by atoms with Gasteiger partial charge >= 0.3 is 0 Å². The maximum Gasteiger partial charge on any atom is 0.237 e. The molecule has 1 rings (SSSR count). The lowest BCUT2D eigenvalue weighted by molar-refractivity contribution is -0.124. The Labute approximate surface area is 116 Å². The van der Waals surface area contributed by atoms with Crippen molar-refractivity contribution in [2.45, 2.75) is 43.0 Å². The molecule has 0 aliphatic carbocycles. The van der Waals surface area contributed by atoms with Gasteiger partial charge in [-0.3, -0.25) is 4.79 Å². The number of carbonyl (C=O) groups excluding carboxylic acids is 1. The van der Waals surface area contributed by atoms with E-state index in [1.54, 1.807) is 18.1 Å². The topological polar surface area (TPSA) is 80.9 Å². The number of nitrogens with one attached hydrogen (secondary N) is 1. The van der Waals surface area contributed by atoms with Gasteiger partial charge in [-0.2, -0.15) is 4.37 Å². The second-order valence-electron chi connectivity index (χ2n) is 4.28. The molecule has 0 aliphatic rings. The maximum atomic E-state index is 11.5. The van der Waals surface area contributed by atoms with Crippen LogP contribution in [0.3, 0.4) is 0 Å². The molecule has 1 amide bonds. The van der Waals surface area contributed by atoms with E-state index in [2.05, 4.69) is 21.6 Å². The zero-order valence-electron chi connectivity index (χ0n) is 10.8. The van der Waals surface area contributed by atoms with E-state index in [4.69, 9.17) is 5.73 Å². The SMILES string of the molecule is CCCNC(C)(CCCSc1ncns1)C(N)=O. The highest BCUT2D eigenvalue weighted by Gasteiger charge is 2.29. The van der Waals surface area contributed by atoms with Crippen LogP contribution in [0.5, 0.6) is 0 Å². The molecule has 102 valence electrons. The molecule has 18 heavy (non-hydrogen) atoms. The van der Waals surface area contributed by atoms with Crippen LogP contribution in [0.1, 0.15) is 33.1 Å². The number of primary amides is 1. The number of nitrogens with two attached hydrogens (primary N) is 1. The van der Waals surface area contributed by atoms with E-state index >= 15 is 0 Å². The van der Waals surface area contributed by atoms with Gasteiger partial charge in [-0.05, 0) is 44.3 Å². The normalized spacial score (nSPS) is 14.3. The van der Waals surface area contributed by atoms with E-state index in [-0.39, 0.29) is 5.91 Å². The Bertz CT molecular complexity index is 358. The van der Waals surface area contributed by atoms with Crippen molar-refractivity contribution >= 4 is 29.2 Å². The summed E-state index contributed by atoms with van der Waals surface area (Å²) in [4.78, 5) is 15.6. The first-order valence-corrected chi connectivity index (χ1v) is 7.79. The molecule has 0 radical (unpaired) electrons. The summed E-state index contributed by atoms with van der Waals surface area (Å²) in [5.74, 6) is 0.642. The predicted octanol–water partition coefficient (Wildman–Crippen LogP) is 1.65. The Morgan fingerprint density at radius 2 is 2.44 bits per heavy atom. The molecule has 5 nitrogen and oxygen atoms in total. The summed E-state index contributed by atoms with van der Waals surface area (Å²) in [6.45, 7) is 4.75. The molecule has 0 fully saturated rings. The number of aromatic nitrogens is 2. The van der Waals surface area contributed by atoms with Crippen molar-refractivity contribution in [3.8, 4) is 0 Å². The van der Waals surface area contributed by atoms with Gasteiger partial charge in [0.15, 0.2) is 4.34 Å². The van der Waals surface area contributed by atoms with Gasteiger partial charge in [0.25, 0.3) is 0 Å². The third-order valence-corrected chi connectivity index (χ3v) is 4.58. The third-order valence-electron chi connectivity index (χ3n) is 2.70. The minimum Gasteiger partial charge on any atom is -0.368 e. The molecule has 0 aromatic carbocycles. The molecule has 1 atom stereocenters. The van der Waals surface area contributed by atoms with E-state index in [9.17, 15) is 4.79 Å². The van der Waals surface area contributed by atoms with Crippen LogP contribution in [0.4, 0.5) is 0 Å². The van der Waals surface area contributed by atoms with Gasteiger partial charge in [0.05, 0.1) is 5.54 Å². The molecule has 0 bridgehead atoms. The highest BCUT2D eigenvalue weighted by atomic mass is 32.2. The highest BCUT2D eigenvalue weighted by Crippen LogP contribution is 2.21. The number of hydrogen-bond acceptors (Lipinski definition) is 6. The largest absolute Gasteiger partial charge is 0.368 e. The Morgan fingerprint density at radius 1 is 1.67 bits per heavy atom. The molecule has 0 saturated heterocycles. The molecule has 7 heteroatoms. The Kier molecular flexibility index (Phi) is 6.59. The van der Waals surface area contributed by atoms with Crippen LogP contribution < -0.4 is 11.1 Å². The quantitative estimate of drug-likeness (QED) is 0.533. The lowest BCUT2D eigenvalue weighted by Crippen LogP contribution is -2.53. The molecule has 0 aliphatic heterocycles.